The molecule has 2 aromatic rings. The SMILES string of the molecule is Cc1cnc(NC2CCc3nnc(C)n3C2)nc1C. The van der Waals surface area contributed by atoms with Gasteiger partial charge in [0, 0.05) is 30.9 Å². The first-order valence-corrected chi connectivity index (χ1v) is 6.59. The monoisotopic (exact) mass is 258 g/mol. The minimum Gasteiger partial charge on any atom is -0.350 e. The van der Waals surface area contributed by atoms with Crippen molar-refractivity contribution in [1.29, 1.82) is 0 Å². The lowest BCUT2D eigenvalue weighted by Crippen LogP contribution is -2.32. The van der Waals surface area contributed by atoms with Crippen LogP contribution in [-0.2, 0) is 13.0 Å². The molecule has 2 aromatic heterocycles. The van der Waals surface area contributed by atoms with Crippen molar-refractivity contribution in [2.24, 2.45) is 0 Å². The second-order valence-electron chi connectivity index (χ2n) is 5.12. The molecule has 0 fully saturated rings. The maximum Gasteiger partial charge on any atom is 0.223 e. The summed E-state index contributed by atoms with van der Waals surface area (Å²) < 4.78 is 2.17. The van der Waals surface area contributed by atoms with Gasteiger partial charge in [0.1, 0.15) is 11.6 Å². The zero-order chi connectivity index (χ0) is 13.4. The normalized spacial score (nSPS) is 18.2. The van der Waals surface area contributed by atoms with Crippen molar-refractivity contribution < 1.29 is 0 Å². The first kappa shape index (κ1) is 12.1. The Morgan fingerprint density at radius 3 is 2.89 bits per heavy atom. The van der Waals surface area contributed by atoms with Gasteiger partial charge in [0.25, 0.3) is 0 Å². The Kier molecular flexibility index (Phi) is 2.93. The number of nitrogens with zero attached hydrogens (tertiary/aromatic N) is 5. The standard InChI is InChI=1S/C13H18N6/c1-8-6-14-13(15-9(8)2)16-11-4-5-12-18-17-10(3)19(12)7-11/h6,11H,4-5,7H2,1-3H3,(H,14,15,16). The molecule has 1 aliphatic rings. The predicted octanol–water partition coefficient (Wildman–Crippen LogP) is 1.42. The number of hydrogen-bond donors (Lipinski definition) is 1. The van der Waals surface area contributed by atoms with Crippen molar-refractivity contribution in [2.45, 2.75) is 46.2 Å². The van der Waals surface area contributed by atoms with Gasteiger partial charge in [-0.25, -0.2) is 9.97 Å². The van der Waals surface area contributed by atoms with E-state index in [1.807, 2.05) is 27.0 Å². The lowest BCUT2D eigenvalue weighted by Gasteiger charge is -2.25. The van der Waals surface area contributed by atoms with E-state index in [-0.39, 0.29) is 0 Å². The van der Waals surface area contributed by atoms with Crippen LogP contribution in [0, 0.1) is 20.8 Å². The molecule has 0 bridgehead atoms. The summed E-state index contributed by atoms with van der Waals surface area (Å²) in [5.74, 6) is 2.77. The van der Waals surface area contributed by atoms with E-state index < -0.39 is 0 Å². The van der Waals surface area contributed by atoms with Gasteiger partial charge in [0.2, 0.25) is 5.95 Å². The summed E-state index contributed by atoms with van der Waals surface area (Å²) in [6.45, 7) is 6.90. The van der Waals surface area contributed by atoms with Crippen LogP contribution >= 0.6 is 0 Å². The summed E-state index contributed by atoms with van der Waals surface area (Å²) in [7, 11) is 0. The van der Waals surface area contributed by atoms with Gasteiger partial charge in [0.05, 0.1) is 0 Å². The Morgan fingerprint density at radius 2 is 2.11 bits per heavy atom. The van der Waals surface area contributed by atoms with E-state index >= 15 is 0 Å². The molecule has 19 heavy (non-hydrogen) atoms. The molecular formula is C13H18N6. The number of rotatable bonds is 2. The van der Waals surface area contributed by atoms with Crippen LogP contribution in [0.5, 0.6) is 0 Å². The molecule has 1 N–H and O–H groups in total. The van der Waals surface area contributed by atoms with Gasteiger partial charge in [-0.1, -0.05) is 0 Å². The Balaban J connectivity index is 1.75. The highest BCUT2D eigenvalue weighted by atomic mass is 15.3. The van der Waals surface area contributed by atoms with Crippen molar-refractivity contribution >= 4 is 5.95 Å². The Bertz CT molecular complexity index is 603. The maximum absolute atomic E-state index is 4.47. The summed E-state index contributed by atoms with van der Waals surface area (Å²) in [4.78, 5) is 8.81. The van der Waals surface area contributed by atoms with Gasteiger partial charge in [-0.15, -0.1) is 10.2 Å². The Morgan fingerprint density at radius 1 is 1.26 bits per heavy atom. The van der Waals surface area contributed by atoms with E-state index in [0.29, 0.717) is 12.0 Å². The number of aromatic nitrogens is 5. The van der Waals surface area contributed by atoms with E-state index in [2.05, 4.69) is 30.0 Å². The largest absolute Gasteiger partial charge is 0.350 e. The molecule has 0 saturated carbocycles. The van der Waals surface area contributed by atoms with Crippen LogP contribution in [0.3, 0.4) is 0 Å². The topological polar surface area (TPSA) is 68.5 Å². The molecule has 100 valence electrons. The van der Waals surface area contributed by atoms with Gasteiger partial charge < -0.3 is 9.88 Å². The van der Waals surface area contributed by atoms with Crippen LogP contribution in [0.2, 0.25) is 0 Å². The zero-order valence-corrected chi connectivity index (χ0v) is 11.5. The van der Waals surface area contributed by atoms with Crippen LogP contribution in [-0.4, -0.2) is 30.8 Å². The van der Waals surface area contributed by atoms with Gasteiger partial charge in [-0.3, -0.25) is 0 Å². The lowest BCUT2D eigenvalue weighted by atomic mass is 10.1. The van der Waals surface area contributed by atoms with E-state index in [0.717, 1.165) is 42.3 Å². The zero-order valence-electron chi connectivity index (χ0n) is 11.5. The number of anilines is 1. The van der Waals surface area contributed by atoms with Gasteiger partial charge >= 0.3 is 0 Å². The second-order valence-corrected chi connectivity index (χ2v) is 5.12. The Hall–Kier alpha value is -1.98. The fourth-order valence-electron chi connectivity index (χ4n) is 2.36. The molecule has 0 aromatic carbocycles. The third kappa shape index (κ3) is 2.30. The maximum atomic E-state index is 4.47. The number of fused-ring (bicyclic) bond motifs is 1. The van der Waals surface area contributed by atoms with Crippen LogP contribution in [0.4, 0.5) is 5.95 Å². The second kappa shape index (κ2) is 4.60. The smallest absolute Gasteiger partial charge is 0.223 e. The average molecular weight is 258 g/mol. The van der Waals surface area contributed by atoms with Crippen molar-refractivity contribution in [1.82, 2.24) is 24.7 Å². The fraction of sp³-hybridized carbons (Fsp3) is 0.538. The van der Waals surface area contributed by atoms with Gasteiger partial charge in [0.15, 0.2) is 0 Å². The highest BCUT2D eigenvalue weighted by Crippen LogP contribution is 2.17. The molecule has 1 atom stereocenters. The van der Waals surface area contributed by atoms with Crippen LogP contribution < -0.4 is 5.32 Å². The fourth-order valence-corrected chi connectivity index (χ4v) is 2.36. The molecule has 0 radical (unpaired) electrons. The summed E-state index contributed by atoms with van der Waals surface area (Å²) >= 11 is 0. The van der Waals surface area contributed by atoms with Crippen molar-refractivity contribution in [3.8, 4) is 0 Å². The molecule has 6 nitrogen and oxygen atoms in total. The van der Waals surface area contributed by atoms with Crippen LogP contribution in [0.15, 0.2) is 6.20 Å². The first-order valence-electron chi connectivity index (χ1n) is 6.59. The van der Waals surface area contributed by atoms with Crippen molar-refractivity contribution in [3.63, 3.8) is 0 Å². The van der Waals surface area contributed by atoms with E-state index in [1.54, 1.807) is 0 Å². The quantitative estimate of drug-likeness (QED) is 0.882. The number of aryl methyl sites for hydroxylation is 4. The highest BCUT2D eigenvalue weighted by molar-refractivity contribution is 5.30. The van der Waals surface area contributed by atoms with E-state index in [1.165, 1.54) is 0 Å². The van der Waals surface area contributed by atoms with Gasteiger partial charge in [-0.2, -0.15) is 0 Å². The minimum absolute atomic E-state index is 0.337. The summed E-state index contributed by atoms with van der Waals surface area (Å²) in [5.41, 5.74) is 2.14. The predicted molar refractivity (Wildman–Crippen MR) is 72.0 cm³/mol. The molecule has 3 heterocycles. The van der Waals surface area contributed by atoms with Crippen LogP contribution in [0.25, 0.3) is 0 Å². The molecule has 0 spiro atoms. The molecule has 3 rings (SSSR count). The number of hydrogen-bond acceptors (Lipinski definition) is 5. The third-order valence-corrected chi connectivity index (χ3v) is 3.69. The molecule has 0 aliphatic carbocycles. The van der Waals surface area contributed by atoms with Crippen LogP contribution in [0.1, 0.15) is 29.3 Å². The van der Waals surface area contributed by atoms with Gasteiger partial charge in [-0.05, 0) is 32.8 Å². The molecule has 0 saturated heterocycles. The molecule has 1 unspecified atom stereocenters. The lowest BCUT2D eigenvalue weighted by molar-refractivity contribution is 0.468. The first-order chi connectivity index (χ1) is 9.13. The summed E-state index contributed by atoms with van der Waals surface area (Å²) in [6, 6.07) is 0.337. The average Bonchev–Trinajstić information content (AvgIpc) is 2.76. The molecule has 1 aliphatic heterocycles. The van der Waals surface area contributed by atoms with E-state index in [9.17, 15) is 0 Å². The third-order valence-electron chi connectivity index (χ3n) is 3.69. The summed E-state index contributed by atoms with van der Waals surface area (Å²) in [5, 5.41) is 11.7. The highest BCUT2D eigenvalue weighted by Gasteiger charge is 2.21. The summed E-state index contributed by atoms with van der Waals surface area (Å²) in [6.07, 6.45) is 3.85. The Labute approximate surface area is 112 Å². The molecular weight excluding hydrogens is 240 g/mol. The number of nitrogens with one attached hydrogen (secondary N) is 1. The molecule has 0 amide bonds. The molecule has 6 heteroatoms. The van der Waals surface area contributed by atoms with Crippen molar-refractivity contribution in [2.75, 3.05) is 5.32 Å². The van der Waals surface area contributed by atoms with Crippen molar-refractivity contribution in [3.05, 3.63) is 29.1 Å². The van der Waals surface area contributed by atoms with E-state index in [4.69, 9.17) is 0 Å². The minimum atomic E-state index is 0.337.